The molecule has 0 bridgehead atoms. The molecule has 0 spiro atoms. The van der Waals surface area contributed by atoms with Crippen molar-refractivity contribution in [3.63, 3.8) is 0 Å². The molecule has 3 N–H and O–H groups in total. The molecule has 1 aromatic carbocycles. The van der Waals surface area contributed by atoms with E-state index < -0.39 is 18.0 Å². The monoisotopic (exact) mass is 342 g/mol. The summed E-state index contributed by atoms with van der Waals surface area (Å²) in [6, 6.07) is 3.72. The zero-order chi connectivity index (χ0) is 14.7. The lowest BCUT2D eigenvalue weighted by molar-refractivity contribution is -0.139. The van der Waals surface area contributed by atoms with Crippen LogP contribution in [0.25, 0.3) is 0 Å². The molecule has 1 unspecified atom stereocenters. The topological polar surface area (TPSA) is 87.7 Å². The highest BCUT2D eigenvalue weighted by Gasteiger charge is 2.37. The largest absolute Gasteiger partial charge is 0.495 e. The van der Waals surface area contributed by atoms with Gasteiger partial charge in [-0.1, -0.05) is 0 Å². The number of carbonyl (C=O) groups excluding carboxylic acids is 1. The van der Waals surface area contributed by atoms with Gasteiger partial charge in [0.1, 0.15) is 11.8 Å². The Hall–Kier alpha value is -1.76. The number of carboxylic acids is 1. The third kappa shape index (κ3) is 3.63. The average Bonchev–Trinajstić information content (AvgIpc) is 3.22. The third-order valence-corrected chi connectivity index (χ3v) is 3.71. The van der Waals surface area contributed by atoms with Crippen LogP contribution in [0.4, 0.5) is 10.5 Å². The van der Waals surface area contributed by atoms with Gasteiger partial charge in [0.05, 0.1) is 11.6 Å². The van der Waals surface area contributed by atoms with E-state index in [9.17, 15) is 9.59 Å². The van der Waals surface area contributed by atoms with Crippen molar-refractivity contribution in [2.45, 2.75) is 18.9 Å². The summed E-state index contributed by atoms with van der Waals surface area (Å²) in [7, 11) is 1.53. The smallest absolute Gasteiger partial charge is 0.326 e. The highest BCUT2D eigenvalue weighted by atomic mass is 79.9. The molecule has 0 aromatic heterocycles. The first kappa shape index (κ1) is 14.6. The van der Waals surface area contributed by atoms with Crippen LogP contribution >= 0.6 is 15.9 Å². The molecule has 108 valence electrons. The molecule has 0 radical (unpaired) electrons. The van der Waals surface area contributed by atoms with Crippen LogP contribution in [0.15, 0.2) is 22.7 Å². The average molecular weight is 343 g/mol. The van der Waals surface area contributed by atoms with Crippen molar-refractivity contribution in [1.82, 2.24) is 5.32 Å². The fourth-order valence-corrected chi connectivity index (χ4v) is 2.27. The summed E-state index contributed by atoms with van der Waals surface area (Å²) in [5.74, 6) is -0.381. The first-order chi connectivity index (χ1) is 9.51. The maximum absolute atomic E-state index is 11.8. The number of hydrogen-bond acceptors (Lipinski definition) is 3. The van der Waals surface area contributed by atoms with Crippen LogP contribution in [0.5, 0.6) is 5.75 Å². The Morgan fingerprint density at radius 1 is 1.45 bits per heavy atom. The lowest BCUT2D eigenvalue weighted by atomic mass is 10.2. The quantitative estimate of drug-likeness (QED) is 0.766. The Kier molecular flexibility index (Phi) is 4.49. The van der Waals surface area contributed by atoms with Crippen molar-refractivity contribution in [2.75, 3.05) is 12.4 Å². The number of methoxy groups -OCH3 is 1. The van der Waals surface area contributed by atoms with E-state index in [0.29, 0.717) is 11.4 Å². The first-order valence-electron chi connectivity index (χ1n) is 6.15. The molecule has 6 nitrogen and oxygen atoms in total. The normalized spacial score (nSPS) is 15.3. The number of nitrogens with one attached hydrogen (secondary N) is 2. The van der Waals surface area contributed by atoms with Gasteiger partial charge in [0.15, 0.2) is 0 Å². The fourth-order valence-electron chi connectivity index (χ4n) is 1.86. The molecular weight excluding hydrogens is 328 g/mol. The van der Waals surface area contributed by atoms with Crippen LogP contribution < -0.4 is 15.4 Å². The molecule has 2 rings (SSSR count). The van der Waals surface area contributed by atoms with Crippen LogP contribution in [0.2, 0.25) is 0 Å². The maximum atomic E-state index is 11.8. The molecule has 0 saturated heterocycles. The van der Waals surface area contributed by atoms with Gasteiger partial charge in [-0.3, -0.25) is 0 Å². The molecule has 0 heterocycles. The Labute approximate surface area is 124 Å². The Balaban J connectivity index is 1.98. The molecule has 7 heteroatoms. The second-order valence-electron chi connectivity index (χ2n) is 4.60. The van der Waals surface area contributed by atoms with Gasteiger partial charge in [0.2, 0.25) is 0 Å². The SMILES string of the molecule is COc1cc(NC(=O)NC(C(=O)O)C2CC2)ccc1Br. The zero-order valence-corrected chi connectivity index (χ0v) is 12.4. The highest BCUT2D eigenvalue weighted by molar-refractivity contribution is 9.10. The Bertz CT molecular complexity index is 531. The number of amides is 2. The molecule has 1 aliphatic rings. The predicted octanol–water partition coefficient (Wildman–Crippen LogP) is 2.44. The van der Waals surface area contributed by atoms with E-state index in [2.05, 4.69) is 26.6 Å². The van der Waals surface area contributed by atoms with E-state index in [1.807, 2.05) is 0 Å². The van der Waals surface area contributed by atoms with Crippen LogP contribution in [-0.2, 0) is 4.79 Å². The molecular formula is C13H15BrN2O4. The van der Waals surface area contributed by atoms with Gasteiger partial charge in [0.25, 0.3) is 0 Å². The van der Waals surface area contributed by atoms with Crippen molar-refractivity contribution in [1.29, 1.82) is 0 Å². The number of benzene rings is 1. The van der Waals surface area contributed by atoms with Crippen molar-refractivity contribution in [3.05, 3.63) is 22.7 Å². The lowest BCUT2D eigenvalue weighted by Crippen LogP contribution is -2.44. The number of carboxylic acid groups (broad SMARTS) is 1. The number of halogens is 1. The fraction of sp³-hybridized carbons (Fsp3) is 0.385. The van der Waals surface area contributed by atoms with Crippen molar-refractivity contribution >= 4 is 33.6 Å². The minimum absolute atomic E-state index is 0.0395. The summed E-state index contributed by atoms with van der Waals surface area (Å²) in [6.45, 7) is 0. The van der Waals surface area contributed by atoms with E-state index in [-0.39, 0.29) is 5.92 Å². The van der Waals surface area contributed by atoms with Crippen LogP contribution in [-0.4, -0.2) is 30.3 Å². The number of anilines is 1. The van der Waals surface area contributed by atoms with Crippen molar-refractivity contribution in [2.24, 2.45) is 5.92 Å². The lowest BCUT2D eigenvalue weighted by Gasteiger charge is -2.14. The molecule has 1 saturated carbocycles. The number of hydrogen-bond donors (Lipinski definition) is 3. The number of rotatable bonds is 5. The van der Waals surface area contributed by atoms with Crippen LogP contribution in [0.3, 0.4) is 0 Å². The minimum Gasteiger partial charge on any atom is -0.495 e. The molecule has 2 amide bonds. The number of aliphatic carboxylic acids is 1. The highest BCUT2D eigenvalue weighted by Crippen LogP contribution is 2.33. The van der Waals surface area contributed by atoms with E-state index in [1.54, 1.807) is 18.2 Å². The van der Waals surface area contributed by atoms with E-state index >= 15 is 0 Å². The summed E-state index contributed by atoms with van der Waals surface area (Å²) in [5.41, 5.74) is 0.530. The molecule has 0 aliphatic heterocycles. The molecule has 1 aliphatic carbocycles. The Morgan fingerprint density at radius 3 is 2.70 bits per heavy atom. The van der Waals surface area contributed by atoms with Gasteiger partial charge in [0, 0.05) is 11.8 Å². The van der Waals surface area contributed by atoms with Gasteiger partial charge in [-0.25, -0.2) is 9.59 Å². The van der Waals surface area contributed by atoms with Crippen LogP contribution in [0.1, 0.15) is 12.8 Å². The number of carbonyl (C=O) groups is 2. The third-order valence-electron chi connectivity index (χ3n) is 3.06. The standard InChI is InChI=1S/C13H15BrN2O4/c1-20-10-6-8(4-5-9(10)14)15-13(19)16-11(12(17)18)7-2-3-7/h4-7,11H,2-3H2,1H3,(H,17,18)(H2,15,16,19). The van der Waals surface area contributed by atoms with Crippen molar-refractivity contribution in [3.8, 4) is 5.75 Å². The number of ether oxygens (including phenoxy) is 1. The van der Waals surface area contributed by atoms with Gasteiger partial charge in [-0.05, 0) is 46.8 Å². The summed E-state index contributed by atoms with van der Waals surface area (Å²) in [4.78, 5) is 22.9. The molecule has 1 fully saturated rings. The molecule has 1 aromatic rings. The predicted molar refractivity (Wildman–Crippen MR) is 77.0 cm³/mol. The van der Waals surface area contributed by atoms with Gasteiger partial charge in [-0.15, -0.1) is 0 Å². The minimum atomic E-state index is -1.00. The molecule has 1 atom stereocenters. The maximum Gasteiger partial charge on any atom is 0.326 e. The second-order valence-corrected chi connectivity index (χ2v) is 5.46. The second kappa shape index (κ2) is 6.13. The summed E-state index contributed by atoms with van der Waals surface area (Å²) < 4.78 is 5.89. The van der Waals surface area contributed by atoms with Gasteiger partial charge in [-0.2, -0.15) is 0 Å². The van der Waals surface area contributed by atoms with E-state index in [1.165, 1.54) is 7.11 Å². The number of urea groups is 1. The summed E-state index contributed by atoms with van der Waals surface area (Å²) >= 11 is 3.31. The van der Waals surface area contributed by atoms with Gasteiger partial charge < -0.3 is 20.5 Å². The van der Waals surface area contributed by atoms with Crippen LogP contribution in [0, 0.1) is 5.92 Å². The zero-order valence-electron chi connectivity index (χ0n) is 10.9. The summed E-state index contributed by atoms with van der Waals surface area (Å²) in [5, 5.41) is 14.1. The Morgan fingerprint density at radius 2 is 2.15 bits per heavy atom. The van der Waals surface area contributed by atoms with Crippen molar-refractivity contribution < 1.29 is 19.4 Å². The molecule has 20 heavy (non-hydrogen) atoms. The van der Waals surface area contributed by atoms with E-state index in [4.69, 9.17) is 9.84 Å². The summed E-state index contributed by atoms with van der Waals surface area (Å²) in [6.07, 6.45) is 1.67. The van der Waals surface area contributed by atoms with Gasteiger partial charge >= 0.3 is 12.0 Å². The first-order valence-corrected chi connectivity index (χ1v) is 6.94. The van der Waals surface area contributed by atoms with E-state index in [0.717, 1.165) is 17.3 Å².